The summed E-state index contributed by atoms with van der Waals surface area (Å²) in [7, 11) is 3.07. The number of furan rings is 1. The molecule has 0 spiro atoms. The first kappa shape index (κ1) is 18.7. The number of amides is 2. The molecule has 25 heavy (non-hydrogen) atoms. The Kier molecular flexibility index (Phi) is 5.93. The molecule has 1 atom stereocenters. The molecule has 0 saturated heterocycles. The van der Waals surface area contributed by atoms with Crippen molar-refractivity contribution in [1.29, 1.82) is 0 Å². The number of rotatable bonds is 7. The van der Waals surface area contributed by atoms with E-state index in [0.717, 1.165) is 0 Å². The molecular formula is C17H19ClN2O5. The van der Waals surface area contributed by atoms with Crippen LogP contribution in [0.4, 0.5) is 0 Å². The molecule has 0 saturated carbocycles. The van der Waals surface area contributed by atoms with Gasteiger partial charge in [0.05, 0.1) is 24.4 Å². The van der Waals surface area contributed by atoms with Crippen molar-refractivity contribution in [3.63, 3.8) is 0 Å². The Morgan fingerprint density at radius 2 is 2.12 bits per heavy atom. The summed E-state index contributed by atoms with van der Waals surface area (Å²) in [4.78, 5) is 25.1. The molecule has 0 aliphatic carbocycles. The number of methoxy groups -OCH3 is 1. The van der Waals surface area contributed by atoms with E-state index in [-0.39, 0.29) is 35.1 Å². The van der Waals surface area contributed by atoms with Crippen LogP contribution in [0.3, 0.4) is 0 Å². The van der Waals surface area contributed by atoms with Crippen molar-refractivity contribution in [1.82, 2.24) is 4.90 Å². The third-order valence-corrected chi connectivity index (χ3v) is 3.97. The first-order chi connectivity index (χ1) is 11.8. The number of halogens is 1. The molecule has 7 nitrogen and oxygen atoms in total. The molecule has 2 aromatic rings. The third-order valence-electron chi connectivity index (χ3n) is 3.69. The Labute approximate surface area is 150 Å². The molecule has 0 fully saturated rings. The SMILES string of the molecule is COc1cc(C(=O)N(C)C(C)c2ccco2)cc(Cl)c1OCC(N)=O. The van der Waals surface area contributed by atoms with Crippen molar-refractivity contribution in [3.8, 4) is 11.5 Å². The molecule has 1 unspecified atom stereocenters. The molecule has 1 heterocycles. The number of benzene rings is 1. The first-order valence-corrected chi connectivity index (χ1v) is 7.82. The highest BCUT2D eigenvalue weighted by Gasteiger charge is 2.23. The summed E-state index contributed by atoms with van der Waals surface area (Å²) in [5.41, 5.74) is 5.38. The predicted molar refractivity (Wildman–Crippen MR) is 91.9 cm³/mol. The number of nitrogens with zero attached hydrogens (tertiary/aromatic N) is 1. The van der Waals surface area contributed by atoms with Crippen LogP contribution in [0.1, 0.15) is 29.1 Å². The number of ether oxygens (including phenoxy) is 2. The molecular weight excluding hydrogens is 348 g/mol. The molecule has 1 aromatic heterocycles. The quantitative estimate of drug-likeness (QED) is 0.812. The lowest BCUT2D eigenvalue weighted by Gasteiger charge is -2.24. The van der Waals surface area contributed by atoms with Gasteiger partial charge in [-0.15, -0.1) is 0 Å². The van der Waals surface area contributed by atoms with Crippen LogP contribution >= 0.6 is 11.6 Å². The van der Waals surface area contributed by atoms with Gasteiger partial charge in [0.1, 0.15) is 5.76 Å². The lowest BCUT2D eigenvalue weighted by atomic mass is 10.1. The average Bonchev–Trinajstić information content (AvgIpc) is 3.12. The summed E-state index contributed by atoms with van der Waals surface area (Å²) in [5, 5.41) is 0.142. The molecule has 134 valence electrons. The maximum absolute atomic E-state index is 12.7. The fraction of sp³-hybridized carbons (Fsp3) is 0.294. The lowest BCUT2D eigenvalue weighted by Crippen LogP contribution is -2.29. The summed E-state index contributed by atoms with van der Waals surface area (Å²) >= 11 is 6.18. The molecule has 0 bridgehead atoms. The van der Waals surface area contributed by atoms with E-state index in [1.54, 1.807) is 25.4 Å². The summed E-state index contributed by atoms with van der Waals surface area (Å²) in [6.45, 7) is 1.50. The van der Waals surface area contributed by atoms with Crippen molar-refractivity contribution < 1.29 is 23.5 Å². The van der Waals surface area contributed by atoms with Crippen LogP contribution < -0.4 is 15.2 Å². The Morgan fingerprint density at radius 1 is 1.40 bits per heavy atom. The van der Waals surface area contributed by atoms with E-state index >= 15 is 0 Å². The van der Waals surface area contributed by atoms with Crippen LogP contribution in [0, 0.1) is 0 Å². The van der Waals surface area contributed by atoms with Gasteiger partial charge in [0.2, 0.25) is 0 Å². The highest BCUT2D eigenvalue weighted by molar-refractivity contribution is 6.32. The van der Waals surface area contributed by atoms with E-state index < -0.39 is 5.91 Å². The van der Waals surface area contributed by atoms with Crippen LogP contribution in [0.15, 0.2) is 34.9 Å². The molecule has 2 rings (SSSR count). The van der Waals surface area contributed by atoms with E-state index in [0.29, 0.717) is 11.3 Å². The van der Waals surface area contributed by atoms with Gasteiger partial charge in [0, 0.05) is 12.6 Å². The van der Waals surface area contributed by atoms with Crippen molar-refractivity contribution >= 4 is 23.4 Å². The molecule has 0 aliphatic heterocycles. The van der Waals surface area contributed by atoms with Gasteiger partial charge < -0.3 is 24.5 Å². The van der Waals surface area contributed by atoms with Gasteiger partial charge >= 0.3 is 0 Å². The zero-order chi connectivity index (χ0) is 18.6. The van der Waals surface area contributed by atoms with Crippen LogP contribution in [0.5, 0.6) is 11.5 Å². The van der Waals surface area contributed by atoms with Crippen molar-refractivity contribution in [2.45, 2.75) is 13.0 Å². The molecule has 1 aromatic carbocycles. The highest BCUT2D eigenvalue weighted by Crippen LogP contribution is 2.37. The Balaban J connectivity index is 2.27. The van der Waals surface area contributed by atoms with Crippen LogP contribution in [-0.4, -0.2) is 37.5 Å². The average molecular weight is 367 g/mol. The largest absolute Gasteiger partial charge is 0.493 e. The summed E-state index contributed by atoms with van der Waals surface area (Å²) in [5.74, 6) is 0.128. The Hall–Kier alpha value is -2.67. The second-order valence-electron chi connectivity index (χ2n) is 5.35. The highest BCUT2D eigenvalue weighted by atomic mass is 35.5. The summed E-state index contributed by atoms with van der Waals surface area (Å²) in [6, 6.07) is 6.24. The first-order valence-electron chi connectivity index (χ1n) is 7.44. The summed E-state index contributed by atoms with van der Waals surface area (Å²) in [6.07, 6.45) is 1.55. The van der Waals surface area contributed by atoms with Gasteiger partial charge in [-0.25, -0.2) is 0 Å². The lowest BCUT2D eigenvalue weighted by molar-refractivity contribution is -0.119. The van der Waals surface area contributed by atoms with E-state index in [1.165, 1.54) is 24.1 Å². The van der Waals surface area contributed by atoms with Gasteiger partial charge in [-0.1, -0.05) is 11.6 Å². The van der Waals surface area contributed by atoms with Gasteiger partial charge in [0.25, 0.3) is 11.8 Å². The molecule has 2 N–H and O–H groups in total. The maximum atomic E-state index is 12.7. The van der Waals surface area contributed by atoms with E-state index in [9.17, 15) is 9.59 Å². The number of hydrogen-bond acceptors (Lipinski definition) is 5. The van der Waals surface area contributed by atoms with Crippen molar-refractivity contribution in [2.75, 3.05) is 20.8 Å². The standard InChI is InChI=1S/C17H19ClN2O5/c1-10(13-5-4-6-24-13)20(2)17(22)11-7-12(18)16(14(8-11)23-3)25-9-15(19)21/h4-8,10H,9H2,1-3H3,(H2,19,21). The Bertz CT molecular complexity index is 761. The third kappa shape index (κ3) is 4.24. The minimum absolute atomic E-state index is 0.142. The molecule has 2 amide bonds. The number of primary amides is 1. The normalized spacial score (nSPS) is 11.7. The van der Waals surface area contributed by atoms with Gasteiger partial charge in [-0.05, 0) is 31.2 Å². The molecule has 0 radical (unpaired) electrons. The van der Waals surface area contributed by atoms with Gasteiger partial charge in [-0.2, -0.15) is 0 Å². The second kappa shape index (κ2) is 7.94. The van der Waals surface area contributed by atoms with E-state index in [1.807, 2.05) is 6.92 Å². The molecule has 0 aliphatic rings. The maximum Gasteiger partial charge on any atom is 0.255 e. The van der Waals surface area contributed by atoms with E-state index in [2.05, 4.69) is 0 Å². The van der Waals surface area contributed by atoms with Crippen LogP contribution in [0.25, 0.3) is 0 Å². The number of carbonyl (C=O) groups excluding carboxylic acids is 2. The summed E-state index contributed by atoms with van der Waals surface area (Å²) < 4.78 is 15.8. The zero-order valence-corrected chi connectivity index (χ0v) is 14.9. The van der Waals surface area contributed by atoms with Crippen molar-refractivity contribution in [2.24, 2.45) is 5.73 Å². The molecule has 8 heteroatoms. The topological polar surface area (TPSA) is 95.0 Å². The zero-order valence-electron chi connectivity index (χ0n) is 14.1. The van der Waals surface area contributed by atoms with Crippen LogP contribution in [-0.2, 0) is 4.79 Å². The van der Waals surface area contributed by atoms with Gasteiger partial charge in [-0.3, -0.25) is 9.59 Å². The minimum atomic E-state index is -0.648. The monoisotopic (exact) mass is 366 g/mol. The number of carbonyl (C=O) groups is 2. The smallest absolute Gasteiger partial charge is 0.255 e. The minimum Gasteiger partial charge on any atom is -0.493 e. The van der Waals surface area contributed by atoms with Crippen LogP contribution in [0.2, 0.25) is 5.02 Å². The number of hydrogen-bond donors (Lipinski definition) is 1. The van der Waals surface area contributed by atoms with Crippen molar-refractivity contribution in [3.05, 3.63) is 46.9 Å². The van der Waals surface area contributed by atoms with Gasteiger partial charge in [0.15, 0.2) is 18.1 Å². The second-order valence-corrected chi connectivity index (χ2v) is 5.76. The predicted octanol–water partition coefficient (Wildman–Crippen LogP) is 2.64. The van der Waals surface area contributed by atoms with E-state index in [4.69, 9.17) is 31.2 Å². The number of nitrogens with two attached hydrogens (primary N) is 1. The fourth-order valence-electron chi connectivity index (χ4n) is 2.23. The fourth-order valence-corrected chi connectivity index (χ4v) is 2.49. The Morgan fingerprint density at radius 3 is 2.68 bits per heavy atom.